The van der Waals surface area contributed by atoms with Gasteiger partial charge in [-0.05, 0) is 36.4 Å². The second-order valence-electron chi connectivity index (χ2n) is 4.84. The molecule has 24 heavy (non-hydrogen) atoms. The quantitative estimate of drug-likeness (QED) is 0.590. The van der Waals surface area contributed by atoms with Gasteiger partial charge in [0, 0.05) is 42.1 Å². The minimum Gasteiger partial charge on any atom is -0.423 e. The molecule has 0 bridgehead atoms. The number of esters is 1. The van der Waals surface area contributed by atoms with Gasteiger partial charge in [-0.3, -0.25) is 14.8 Å². The monoisotopic (exact) mass is 319 g/mol. The van der Waals surface area contributed by atoms with E-state index < -0.39 is 5.97 Å². The van der Waals surface area contributed by atoms with E-state index in [-0.39, 0.29) is 5.91 Å². The highest BCUT2D eigenvalue weighted by Gasteiger charge is 2.10. The fourth-order valence-corrected chi connectivity index (χ4v) is 2.00. The normalized spacial score (nSPS) is 10.0. The number of benzene rings is 1. The maximum absolute atomic E-state index is 12.1. The zero-order valence-electron chi connectivity index (χ0n) is 12.5. The van der Waals surface area contributed by atoms with Crippen molar-refractivity contribution in [3.05, 3.63) is 84.4 Å². The number of rotatable bonds is 4. The summed E-state index contributed by atoms with van der Waals surface area (Å²) in [4.78, 5) is 31.9. The maximum atomic E-state index is 12.1. The Hall–Kier alpha value is -3.54. The fraction of sp³-hybridized carbons (Fsp3) is 0. The Kier molecular flexibility index (Phi) is 4.57. The zero-order chi connectivity index (χ0) is 16.8. The largest absolute Gasteiger partial charge is 0.423 e. The second kappa shape index (κ2) is 7.15. The standard InChI is InChI=1S/C18H13N3O3/c22-17(13-4-8-19-9-5-13)21-15-2-1-3-16(12-15)24-18(23)14-6-10-20-11-7-14/h1-12H,(H,21,22). The van der Waals surface area contributed by atoms with E-state index in [0.717, 1.165) is 0 Å². The average molecular weight is 319 g/mol. The third-order valence-corrected chi connectivity index (χ3v) is 3.16. The van der Waals surface area contributed by atoms with Crippen molar-refractivity contribution in [3.8, 4) is 5.75 Å². The third-order valence-electron chi connectivity index (χ3n) is 3.16. The molecule has 3 aromatic rings. The van der Waals surface area contributed by atoms with E-state index in [1.165, 1.54) is 12.4 Å². The molecule has 0 saturated heterocycles. The molecule has 2 heterocycles. The molecular formula is C18H13N3O3. The number of pyridine rings is 2. The van der Waals surface area contributed by atoms with Gasteiger partial charge in [0.25, 0.3) is 5.91 Å². The van der Waals surface area contributed by atoms with Crippen molar-refractivity contribution in [1.29, 1.82) is 0 Å². The van der Waals surface area contributed by atoms with Gasteiger partial charge in [-0.2, -0.15) is 0 Å². The van der Waals surface area contributed by atoms with Crippen molar-refractivity contribution in [2.24, 2.45) is 0 Å². The molecule has 1 N–H and O–H groups in total. The van der Waals surface area contributed by atoms with Crippen LogP contribution in [0.3, 0.4) is 0 Å². The van der Waals surface area contributed by atoms with Crippen molar-refractivity contribution < 1.29 is 14.3 Å². The van der Waals surface area contributed by atoms with Gasteiger partial charge in [-0.1, -0.05) is 6.07 Å². The number of hydrogen-bond donors (Lipinski definition) is 1. The van der Waals surface area contributed by atoms with E-state index in [9.17, 15) is 9.59 Å². The summed E-state index contributed by atoms with van der Waals surface area (Å²) in [7, 11) is 0. The first-order valence-electron chi connectivity index (χ1n) is 7.16. The minimum absolute atomic E-state index is 0.269. The summed E-state index contributed by atoms with van der Waals surface area (Å²) in [6.45, 7) is 0. The number of ether oxygens (including phenoxy) is 1. The molecule has 118 valence electrons. The molecule has 0 atom stereocenters. The number of amides is 1. The highest BCUT2D eigenvalue weighted by Crippen LogP contribution is 2.19. The fourth-order valence-electron chi connectivity index (χ4n) is 2.00. The molecule has 0 radical (unpaired) electrons. The van der Waals surface area contributed by atoms with Crippen molar-refractivity contribution in [2.45, 2.75) is 0 Å². The van der Waals surface area contributed by atoms with Gasteiger partial charge in [-0.25, -0.2) is 4.79 Å². The number of carbonyl (C=O) groups is 2. The van der Waals surface area contributed by atoms with E-state index in [2.05, 4.69) is 15.3 Å². The molecule has 1 aromatic carbocycles. The van der Waals surface area contributed by atoms with E-state index in [0.29, 0.717) is 22.6 Å². The van der Waals surface area contributed by atoms with Crippen LogP contribution in [0.5, 0.6) is 5.75 Å². The summed E-state index contributed by atoms with van der Waals surface area (Å²) in [5.41, 5.74) is 1.41. The van der Waals surface area contributed by atoms with Crippen LogP contribution in [-0.2, 0) is 0 Å². The number of hydrogen-bond acceptors (Lipinski definition) is 5. The van der Waals surface area contributed by atoms with Crippen LogP contribution in [0.2, 0.25) is 0 Å². The average Bonchev–Trinajstić information content (AvgIpc) is 2.63. The van der Waals surface area contributed by atoms with Crippen LogP contribution in [0.1, 0.15) is 20.7 Å². The third kappa shape index (κ3) is 3.80. The Labute approximate surface area is 138 Å². The first-order chi connectivity index (χ1) is 11.7. The SMILES string of the molecule is O=C(Nc1cccc(OC(=O)c2ccncc2)c1)c1ccncc1. The van der Waals surface area contributed by atoms with Gasteiger partial charge < -0.3 is 10.1 Å². The van der Waals surface area contributed by atoms with Crippen LogP contribution >= 0.6 is 0 Å². The smallest absolute Gasteiger partial charge is 0.343 e. The lowest BCUT2D eigenvalue weighted by atomic mass is 10.2. The van der Waals surface area contributed by atoms with E-state index in [1.54, 1.807) is 60.9 Å². The summed E-state index contributed by atoms with van der Waals surface area (Å²) in [6.07, 6.45) is 6.12. The Balaban J connectivity index is 1.70. The molecule has 6 heteroatoms. The van der Waals surface area contributed by atoms with Crippen molar-refractivity contribution in [1.82, 2.24) is 9.97 Å². The molecule has 2 aromatic heterocycles. The van der Waals surface area contributed by atoms with E-state index in [1.807, 2.05) is 0 Å². The number of nitrogens with one attached hydrogen (secondary N) is 1. The highest BCUT2D eigenvalue weighted by atomic mass is 16.5. The number of carbonyl (C=O) groups excluding carboxylic acids is 2. The molecule has 0 saturated carbocycles. The van der Waals surface area contributed by atoms with Gasteiger partial charge >= 0.3 is 5.97 Å². The molecule has 0 unspecified atom stereocenters. The lowest BCUT2D eigenvalue weighted by Crippen LogP contribution is -2.12. The Morgan fingerprint density at radius 2 is 1.46 bits per heavy atom. The first kappa shape index (κ1) is 15.4. The first-order valence-corrected chi connectivity index (χ1v) is 7.16. The van der Waals surface area contributed by atoms with Crippen molar-refractivity contribution in [2.75, 3.05) is 5.32 Å². The molecule has 6 nitrogen and oxygen atoms in total. The lowest BCUT2D eigenvalue weighted by Gasteiger charge is -2.08. The molecule has 3 rings (SSSR count). The van der Waals surface area contributed by atoms with Gasteiger partial charge in [0.1, 0.15) is 5.75 Å². The van der Waals surface area contributed by atoms with Gasteiger partial charge in [-0.15, -0.1) is 0 Å². The van der Waals surface area contributed by atoms with Crippen LogP contribution in [0, 0.1) is 0 Å². The van der Waals surface area contributed by atoms with Crippen LogP contribution in [0.25, 0.3) is 0 Å². The molecule has 0 spiro atoms. The van der Waals surface area contributed by atoms with Crippen molar-refractivity contribution >= 4 is 17.6 Å². The molecule has 0 aliphatic heterocycles. The van der Waals surface area contributed by atoms with Crippen LogP contribution in [0.15, 0.2) is 73.3 Å². The number of anilines is 1. The topological polar surface area (TPSA) is 81.2 Å². The molecule has 0 aliphatic carbocycles. The van der Waals surface area contributed by atoms with E-state index >= 15 is 0 Å². The molecule has 0 fully saturated rings. The summed E-state index contributed by atoms with van der Waals surface area (Å²) in [5.74, 6) is -0.422. The van der Waals surface area contributed by atoms with Gasteiger partial charge in [0.15, 0.2) is 0 Å². The second-order valence-corrected chi connectivity index (χ2v) is 4.84. The highest BCUT2D eigenvalue weighted by molar-refractivity contribution is 6.04. The summed E-state index contributed by atoms with van der Waals surface area (Å²) in [6, 6.07) is 13.0. The number of nitrogens with zero attached hydrogens (tertiary/aromatic N) is 2. The molecule has 0 aliphatic rings. The number of aromatic nitrogens is 2. The minimum atomic E-state index is -0.491. The zero-order valence-corrected chi connectivity index (χ0v) is 12.5. The molecular weight excluding hydrogens is 306 g/mol. The summed E-state index contributed by atoms with van der Waals surface area (Å²) >= 11 is 0. The van der Waals surface area contributed by atoms with Gasteiger partial charge in [0.2, 0.25) is 0 Å². The Morgan fingerprint density at radius 1 is 0.833 bits per heavy atom. The van der Waals surface area contributed by atoms with Crippen LogP contribution in [-0.4, -0.2) is 21.8 Å². The predicted octanol–water partition coefficient (Wildman–Crippen LogP) is 2.95. The lowest BCUT2D eigenvalue weighted by molar-refractivity contribution is 0.0734. The van der Waals surface area contributed by atoms with Crippen molar-refractivity contribution in [3.63, 3.8) is 0 Å². The maximum Gasteiger partial charge on any atom is 0.343 e. The van der Waals surface area contributed by atoms with Crippen LogP contribution in [0.4, 0.5) is 5.69 Å². The molecule has 1 amide bonds. The summed E-state index contributed by atoms with van der Waals surface area (Å²) < 4.78 is 5.30. The predicted molar refractivity (Wildman–Crippen MR) is 87.8 cm³/mol. The summed E-state index contributed by atoms with van der Waals surface area (Å²) in [5, 5.41) is 2.74. The van der Waals surface area contributed by atoms with Crippen LogP contribution < -0.4 is 10.1 Å². The van der Waals surface area contributed by atoms with E-state index in [4.69, 9.17) is 4.74 Å². The Morgan fingerprint density at radius 3 is 2.12 bits per heavy atom. The Bertz CT molecular complexity index is 783. The van der Waals surface area contributed by atoms with Gasteiger partial charge in [0.05, 0.1) is 5.56 Å².